The third kappa shape index (κ3) is 4.83. The van der Waals surface area contributed by atoms with Crippen molar-refractivity contribution in [2.75, 3.05) is 0 Å². The number of amides is 1. The Morgan fingerprint density at radius 3 is 2.69 bits per heavy atom. The molecule has 0 saturated heterocycles. The average Bonchev–Trinajstić information content (AvgIpc) is 3.26. The standard InChI is InChI=1S/C25H25N5O2/c1-4-30-16-18(15-27-30)14-26-29-25(31)22-13-24(28-23-8-6-5-7-21(22)23)19-9-11-20(12-10-19)32-17(2)3/h5-17H,4H2,1-3H3,(H,29,31). The van der Waals surface area contributed by atoms with E-state index >= 15 is 0 Å². The summed E-state index contributed by atoms with van der Waals surface area (Å²) in [5.74, 6) is 0.493. The molecule has 0 fully saturated rings. The van der Waals surface area contributed by atoms with Crippen LogP contribution in [0.5, 0.6) is 5.75 Å². The number of carbonyl (C=O) groups excluding carboxylic acids is 1. The molecule has 2 heterocycles. The molecule has 2 aromatic heterocycles. The minimum atomic E-state index is -0.302. The highest BCUT2D eigenvalue weighted by atomic mass is 16.5. The van der Waals surface area contributed by atoms with Crippen molar-refractivity contribution in [3.05, 3.63) is 78.1 Å². The van der Waals surface area contributed by atoms with Crippen LogP contribution in [0, 0.1) is 0 Å². The zero-order valence-corrected chi connectivity index (χ0v) is 18.3. The quantitative estimate of drug-likeness (QED) is 0.343. The fourth-order valence-corrected chi connectivity index (χ4v) is 3.33. The number of hydrazone groups is 1. The summed E-state index contributed by atoms with van der Waals surface area (Å²) >= 11 is 0. The molecule has 7 nitrogen and oxygen atoms in total. The topological polar surface area (TPSA) is 81.4 Å². The summed E-state index contributed by atoms with van der Waals surface area (Å²) in [5.41, 5.74) is 6.29. The molecular formula is C25H25N5O2. The maximum Gasteiger partial charge on any atom is 0.272 e. The number of ether oxygens (including phenoxy) is 1. The summed E-state index contributed by atoms with van der Waals surface area (Å²) in [6.07, 6.45) is 5.25. The summed E-state index contributed by atoms with van der Waals surface area (Å²) in [6.45, 7) is 6.76. The number of aromatic nitrogens is 3. The molecule has 0 aliphatic carbocycles. The third-order valence-corrected chi connectivity index (χ3v) is 4.84. The van der Waals surface area contributed by atoms with E-state index in [9.17, 15) is 4.79 Å². The van der Waals surface area contributed by atoms with Gasteiger partial charge in [-0.25, -0.2) is 10.4 Å². The molecule has 2 aromatic carbocycles. The summed E-state index contributed by atoms with van der Waals surface area (Å²) in [6, 6.07) is 17.1. The van der Waals surface area contributed by atoms with E-state index in [1.807, 2.05) is 75.5 Å². The Morgan fingerprint density at radius 2 is 1.97 bits per heavy atom. The first kappa shape index (κ1) is 21.2. The number of aryl methyl sites for hydroxylation is 1. The molecule has 0 atom stereocenters. The zero-order chi connectivity index (χ0) is 22.5. The van der Waals surface area contributed by atoms with Crippen LogP contribution in [0.4, 0.5) is 0 Å². The second kappa shape index (κ2) is 9.43. The van der Waals surface area contributed by atoms with Gasteiger partial charge in [-0.2, -0.15) is 10.2 Å². The number of nitrogens with one attached hydrogen (secondary N) is 1. The van der Waals surface area contributed by atoms with Crippen LogP contribution in [0.2, 0.25) is 0 Å². The van der Waals surface area contributed by atoms with Gasteiger partial charge < -0.3 is 4.74 Å². The van der Waals surface area contributed by atoms with Crippen molar-refractivity contribution in [2.24, 2.45) is 5.10 Å². The second-order valence-corrected chi connectivity index (χ2v) is 7.59. The van der Waals surface area contributed by atoms with Gasteiger partial charge in [-0.1, -0.05) is 18.2 Å². The van der Waals surface area contributed by atoms with Crippen LogP contribution in [0.15, 0.2) is 72.1 Å². The number of nitrogens with zero attached hydrogens (tertiary/aromatic N) is 4. The molecule has 0 saturated carbocycles. The van der Waals surface area contributed by atoms with Gasteiger partial charge in [-0.05, 0) is 57.2 Å². The summed E-state index contributed by atoms with van der Waals surface area (Å²) in [4.78, 5) is 17.7. The molecule has 0 aliphatic rings. The molecule has 7 heteroatoms. The van der Waals surface area contributed by atoms with Crippen molar-refractivity contribution >= 4 is 23.0 Å². The van der Waals surface area contributed by atoms with Crippen molar-refractivity contribution < 1.29 is 9.53 Å². The Kier molecular flexibility index (Phi) is 6.26. The molecule has 0 spiro atoms. The number of benzene rings is 2. The smallest absolute Gasteiger partial charge is 0.272 e. The second-order valence-electron chi connectivity index (χ2n) is 7.59. The molecule has 0 unspecified atom stereocenters. The lowest BCUT2D eigenvalue weighted by atomic mass is 10.0. The van der Waals surface area contributed by atoms with Gasteiger partial charge in [0.2, 0.25) is 0 Å². The van der Waals surface area contributed by atoms with Crippen molar-refractivity contribution in [3.63, 3.8) is 0 Å². The average molecular weight is 428 g/mol. The van der Waals surface area contributed by atoms with Gasteiger partial charge in [0, 0.05) is 29.3 Å². The summed E-state index contributed by atoms with van der Waals surface area (Å²) in [5, 5.41) is 9.06. The van der Waals surface area contributed by atoms with Gasteiger partial charge in [0.1, 0.15) is 5.75 Å². The fourth-order valence-electron chi connectivity index (χ4n) is 3.33. The van der Waals surface area contributed by atoms with Gasteiger partial charge in [0.05, 0.1) is 35.3 Å². The lowest BCUT2D eigenvalue weighted by Gasteiger charge is -2.11. The van der Waals surface area contributed by atoms with Gasteiger partial charge in [-0.15, -0.1) is 0 Å². The Balaban J connectivity index is 1.62. The van der Waals surface area contributed by atoms with Crippen LogP contribution >= 0.6 is 0 Å². The number of fused-ring (bicyclic) bond motifs is 1. The first-order valence-electron chi connectivity index (χ1n) is 10.6. The van der Waals surface area contributed by atoms with E-state index in [0.29, 0.717) is 11.3 Å². The number of hydrogen-bond donors (Lipinski definition) is 1. The number of hydrogen-bond acceptors (Lipinski definition) is 5. The molecule has 1 amide bonds. The molecule has 0 radical (unpaired) electrons. The maximum atomic E-state index is 13.0. The first-order valence-corrected chi connectivity index (χ1v) is 10.6. The summed E-state index contributed by atoms with van der Waals surface area (Å²) in [7, 11) is 0. The number of rotatable bonds is 7. The van der Waals surface area contributed by atoms with Crippen LogP contribution in [-0.2, 0) is 6.54 Å². The van der Waals surface area contributed by atoms with Crippen molar-refractivity contribution in [3.8, 4) is 17.0 Å². The largest absolute Gasteiger partial charge is 0.491 e. The Morgan fingerprint density at radius 1 is 1.19 bits per heavy atom. The van der Waals surface area contributed by atoms with Crippen molar-refractivity contribution in [1.29, 1.82) is 0 Å². The lowest BCUT2D eigenvalue weighted by Crippen LogP contribution is -2.18. The van der Waals surface area contributed by atoms with Crippen LogP contribution in [-0.4, -0.2) is 33.0 Å². The maximum absolute atomic E-state index is 13.0. The molecule has 32 heavy (non-hydrogen) atoms. The highest BCUT2D eigenvalue weighted by molar-refractivity contribution is 6.07. The normalized spacial score (nSPS) is 11.4. The Bertz CT molecular complexity index is 1260. The summed E-state index contributed by atoms with van der Waals surface area (Å²) < 4.78 is 7.52. The minimum absolute atomic E-state index is 0.104. The van der Waals surface area contributed by atoms with Gasteiger partial charge in [-0.3, -0.25) is 9.48 Å². The predicted molar refractivity (Wildman–Crippen MR) is 126 cm³/mol. The van der Waals surface area contributed by atoms with Gasteiger partial charge >= 0.3 is 0 Å². The van der Waals surface area contributed by atoms with E-state index < -0.39 is 0 Å². The van der Waals surface area contributed by atoms with Crippen LogP contribution in [0.1, 0.15) is 36.7 Å². The number of para-hydroxylation sites is 1. The number of carbonyl (C=O) groups is 1. The van der Waals surface area contributed by atoms with E-state index in [0.717, 1.165) is 34.3 Å². The highest BCUT2D eigenvalue weighted by Gasteiger charge is 2.14. The van der Waals surface area contributed by atoms with E-state index in [4.69, 9.17) is 9.72 Å². The van der Waals surface area contributed by atoms with Gasteiger partial charge in [0.25, 0.3) is 5.91 Å². The predicted octanol–water partition coefficient (Wildman–Crippen LogP) is 4.67. The van der Waals surface area contributed by atoms with Crippen molar-refractivity contribution in [1.82, 2.24) is 20.2 Å². The zero-order valence-electron chi connectivity index (χ0n) is 18.3. The van der Waals surface area contributed by atoms with Crippen molar-refractivity contribution in [2.45, 2.75) is 33.4 Å². The van der Waals surface area contributed by atoms with Crippen LogP contribution in [0.25, 0.3) is 22.2 Å². The van der Waals surface area contributed by atoms with Gasteiger partial charge in [0.15, 0.2) is 0 Å². The molecule has 0 bridgehead atoms. The first-order chi connectivity index (χ1) is 15.5. The van der Waals surface area contributed by atoms with Crippen LogP contribution < -0.4 is 10.2 Å². The SMILES string of the molecule is CCn1cc(C=NNC(=O)c2cc(-c3ccc(OC(C)C)cc3)nc3ccccc23)cn1. The Hall–Kier alpha value is -4.00. The molecule has 4 aromatic rings. The number of pyridine rings is 1. The molecule has 0 aliphatic heterocycles. The third-order valence-electron chi connectivity index (χ3n) is 4.84. The molecule has 4 rings (SSSR count). The van der Waals surface area contributed by atoms with E-state index in [1.54, 1.807) is 23.2 Å². The van der Waals surface area contributed by atoms with E-state index in [-0.39, 0.29) is 12.0 Å². The van der Waals surface area contributed by atoms with Crippen LogP contribution in [0.3, 0.4) is 0 Å². The highest BCUT2D eigenvalue weighted by Crippen LogP contribution is 2.26. The molecule has 1 N–H and O–H groups in total. The lowest BCUT2D eigenvalue weighted by molar-refractivity contribution is 0.0956. The monoisotopic (exact) mass is 427 g/mol. The van der Waals surface area contributed by atoms with E-state index in [1.165, 1.54) is 0 Å². The van der Waals surface area contributed by atoms with E-state index in [2.05, 4.69) is 15.6 Å². The molecular weight excluding hydrogens is 402 g/mol. The molecule has 162 valence electrons. The Labute approximate surface area is 186 Å². The minimum Gasteiger partial charge on any atom is -0.491 e. The fraction of sp³-hybridized carbons (Fsp3) is 0.200.